The predicted molar refractivity (Wildman–Crippen MR) is 124 cm³/mol. The summed E-state index contributed by atoms with van der Waals surface area (Å²) < 4.78 is 28.7. The highest BCUT2D eigenvalue weighted by molar-refractivity contribution is 5.91. The van der Waals surface area contributed by atoms with Gasteiger partial charge in [0.25, 0.3) is 0 Å². The molecule has 3 heterocycles. The first kappa shape index (κ1) is 20.0. The van der Waals surface area contributed by atoms with Gasteiger partial charge < -0.3 is 18.9 Å². The molecule has 7 nitrogen and oxygen atoms in total. The number of nitrogens with zero attached hydrogens (tertiary/aromatic N) is 5. The van der Waals surface area contributed by atoms with E-state index in [9.17, 15) is 0 Å². The zero-order valence-electron chi connectivity index (χ0n) is 18.6. The van der Waals surface area contributed by atoms with Gasteiger partial charge in [-0.25, -0.2) is 9.37 Å². The van der Waals surface area contributed by atoms with Crippen LogP contribution in [0.5, 0.6) is 11.5 Å². The van der Waals surface area contributed by atoms with Crippen LogP contribution in [0.25, 0.3) is 33.4 Å². The fourth-order valence-electron chi connectivity index (χ4n) is 4.49. The molecule has 1 saturated carbocycles. The first-order valence-corrected chi connectivity index (χ1v) is 11.2. The molecule has 0 N–H and O–H groups in total. The highest BCUT2D eigenvalue weighted by Crippen LogP contribution is 2.46. The molecule has 2 aromatic carbocycles. The summed E-state index contributed by atoms with van der Waals surface area (Å²) in [5.41, 5.74) is 5.16. The number of anilines is 1. The first-order valence-electron chi connectivity index (χ1n) is 11.2. The van der Waals surface area contributed by atoms with Crippen molar-refractivity contribution in [1.82, 2.24) is 19.7 Å². The van der Waals surface area contributed by atoms with E-state index in [4.69, 9.17) is 9.47 Å². The standard InChI is InChI=1S/C25H24FN5O2/c1-3-30-13-27-24-19(11-28-29-25(24)30)16-6-7-20(26)17(8-16)18-9-23-21(10-22(18)32-2)31(14-33-23)12-15-4-5-15/h6-11,13,15H,3-5,12,14H2,1-2H3. The van der Waals surface area contributed by atoms with Crippen LogP contribution in [0.2, 0.25) is 0 Å². The second kappa shape index (κ2) is 7.72. The molecular formula is C25H24FN5O2. The molecule has 0 unspecified atom stereocenters. The molecule has 4 aromatic rings. The molecule has 168 valence electrons. The molecule has 0 amide bonds. The average Bonchev–Trinajstić information content (AvgIpc) is 3.43. The van der Waals surface area contributed by atoms with Gasteiger partial charge in [0.05, 0.1) is 25.3 Å². The van der Waals surface area contributed by atoms with Gasteiger partial charge in [-0.3, -0.25) is 0 Å². The van der Waals surface area contributed by atoms with E-state index in [1.54, 1.807) is 25.7 Å². The Morgan fingerprint density at radius 2 is 2.03 bits per heavy atom. The number of fused-ring (bicyclic) bond motifs is 2. The number of hydrogen-bond donors (Lipinski definition) is 0. The van der Waals surface area contributed by atoms with Gasteiger partial charge in [-0.15, -0.1) is 5.10 Å². The Balaban J connectivity index is 1.45. The van der Waals surface area contributed by atoms with Crippen LogP contribution in [0.4, 0.5) is 10.1 Å². The summed E-state index contributed by atoms with van der Waals surface area (Å²) in [6.07, 6.45) is 5.96. The van der Waals surface area contributed by atoms with Crippen molar-refractivity contribution in [1.29, 1.82) is 0 Å². The molecule has 1 aliphatic carbocycles. The smallest absolute Gasteiger partial charge is 0.183 e. The highest BCUT2D eigenvalue weighted by atomic mass is 19.1. The summed E-state index contributed by atoms with van der Waals surface area (Å²) >= 11 is 0. The lowest BCUT2D eigenvalue weighted by Gasteiger charge is -2.18. The zero-order valence-corrected chi connectivity index (χ0v) is 18.6. The molecule has 6 rings (SSSR count). The van der Waals surface area contributed by atoms with Crippen molar-refractivity contribution < 1.29 is 13.9 Å². The first-order chi connectivity index (χ1) is 16.2. The maximum atomic E-state index is 15.1. The number of halogens is 1. The van der Waals surface area contributed by atoms with Crippen molar-refractivity contribution in [3.05, 3.63) is 48.7 Å². The molecule has 2 aromatic heterocycles. The lowest BCUT2D eigenvalue weighted by molar-refractivity contribution is 0.344. The van der Waals surface area contributed by atoms with Crippen LogP contribution in [0.1, 0.15) is 19.8 Å². The van der Waals surface area contributed by atoms with Crippen molar-refractivity contribution in [2.75, 3.05) is 25.3 Å². The molecule has 0 radical (unpaired) electrons. The van der Waals surface area contributed by atoms with Crippen LogP contribution < -0.4 is 14.4 Å². The van der Waals surface area contributed by atoms with Crippen molar-refractivity contribution >= 4 is 16.9 Å². The molecule has 1 aliphatic heterocycles. The molecular weight excluding hydrogens is 421 g/mol. The van der Waals surface area contributed by atoms with Crippen molar-refractivity contribution in [2.45, 2.75) is 26.3 Å². The number of aromatic nitrogens is 4. The summed E-state index contributed by atoms with van der Waals surface area (Å²) in [5.74, 6) is 1.78. The number of benzene rings is 2. The Hall–Kier alpha value is -3.68. The molecule has 1 fully saturated rings. The van der Waals surface area contributed by atoms with Gasteiger partial charge in [0.1, 0.15) is 22.8 Å². The van der Waals surface area contributed by atoms with Crippen LogP contribution >= 0.6 is 0 Å². The largest absolute Gasteiger partial charge is 0.496 e. The summed E-state index contributed by atoms with van der Waals surface area (Å²) in [7, 11) is 1.61. The predicted octanol–water partition coefficient (Wildman–Crippen LogP) is 4.89. The van der Waals surface area contributed by atoms with Gasteiger partial charge in [0.2, 0.25) is 0 Å². The van der Waals surface area contributed by atoms with E-state index in [2.05, 4.69) is 20.1 Å². The summed E-state index contributed by atoms with van der Waals surface area (Å²) in [5, 5.41) is 8.39. The maximum Gasteiger partial charge on any atom is 0.183 e. The molecule has 0 saturated heterocycles. The number of hydrogen-bond acceptors (Lipinski definition) is 6. The third kappa shape index (κ3) is 3.37. The van der Waals surface area contributed by atoms with Gasteiger partial charge in [-0.05, 0) is 49.4 Å². The quantitative estimate of drug-likeness (QED) is 0.421. The van der Waals surface area contributed by atoms with E-state index < -0.39 is 0 Å². The fraction of sp³-hybridized carbons (Fsp3) is 0.320. The van der Waals surface area contributed by atoms with Crippen LogP contribution in [-0.4, -0.2) is 40.1 Å². The highest BCUT2D eigenvalue weighted by Gasteiger charge is 2.30. The number of methoxy groups -OCH3 is 1. The Morgan fingerprint density at radius 1 is 1.15 bits per heavy atom. The molecule has 33 heavy (non-hydrogen) atoms. The van der Waals surface area contributed by atoms with Gasteiger partial charge in [0.15, 0.2) is 12.4 Å². The fourth-order valence-corrected chi connectivity index (χ4v) is 4.49. The van der Waals surface area contributed by atoms with E-state index in [0.29, 0.717) is 29.3 Å². The number of aryl methyl sites for hydroxylation is 1. The monoisotopic (exact) mass is 445 g/mol. The van der Waals surface area contributed by atoms with Crippen molar-refractivity contribution in [3.8, 4) is 33.8 Å². The normalized spacial score (nSPS) is 15.1. The summed E-state index contributed by atoms with van der Waals surface area (Å²) in [6, 6.07) is 8.88. The SMILES string of the molecule is CCn1cnc2c(-c3ccc(F)c(-c4cc5c(cc4OC)N(CC4CC4)CO5)c3)cnnc21. The Kier molecular flexibility index (Phi) is 4.67. The number of ether oxygens (including phenoxy) is 2. The van der Waals surface area contributed by atoms with Gasteiger partial charge in [-0.1, -0.05) is 6.07 Å². The van der Waals surface area contributed by atoms with E-state index in [1.807, 2.05) is 29.7 Å². The van der Waals surface area contributed by atoms with Crippen molar-refractivity contribution in [2.24, 2.45) is 5.92 Å². The molecule has 0 atom stereocenters. The minimum Gasteiger partial charge on any atom is -0.496 e. The summed E-state index contributed by atoms with van der Waals surface area (Å²) in [4.78, 5) is 6.76. The lowest BCUT2D eigenvalue weighted by Crippen LogP contribution is -2.24. The average molecular weight is 445 g/mol. The number of rotatable bonds is 6. The van der Waals surface area contributed by atoms with E-state index in [-0.39, 0.29) is 5.82 Å². The molecule has 2 aliphatic rings. The van der Waals surface area contributed by atoms with E-state index in [1.165, 1.54) is 18.9 Å². The Labute approximate surface area is 190 Å². The van der Waals surface area contributed by atoms with Gasteiger partial charge >= 0.3 is 0 Å². The van der Waals surface area contributed by atoms with Gasteiger partial charge in [-0.2, -0.15) is 5.10 Å². The van der Waals surface area contributed by atoms with E-state index >= 15 is 4.39 Å². The molecule has 0 bridgehead atoms. The van der Waals surface area contributed by atoms with Crippen LogP contribution in [0.3, 0.4) is 0 Å². The summed E-state index contributed by atoms with van der Waals surface area (Å²) in [6.45, 7) is 4.27. The number of imidazole rings is 1. The Bertz CT molecular complexity index is 1360. The third-order valence-electron chi connectivity index (χ3n) is 6.49. The minimum atomic E-state index is -0.331. The topological polar surface area (TPSA) is 65.3 Å². The maximum absolute atomic E-state index is 15.1. The van der Waals surface area contributed by atoms with Crippen LogP contribution in [-0.2, 0) is 6.54 Å². The molecule has 0 spiro atoms. The Morgan fingerprint density at radius 3 is 2.82 bits per heavy atom. The third-order valence-corrected chi connectivity index (χ3v) is 6.49. The second-order valence-electron chi connectivity index (χ2n) is 8.62. The van der Waals surface area contributed by atoms with Crippen LogP contribution in [0.15, 0.2) is 42.9 Å². The lowest BCUT2D eigenvalue weighted by atomic mass is 9.97. The van der Waals surface area contributed by atoms with Gasteiger partial charge in [0, 0.05) is 35.8 Å². The zero-order chi connectivity index (χ0) is 22.5. The second-order valence-corrected chi connectivity index (χ2v) is 8.62. The molecule has 8 heteroatoms. The van der Waals surface area contributed by atoms with Crippen molar-refractivity contribution in [3.63, 3.8) is 0 Å². The van der Waals surface area contributed by atoms with Crippen LogP contribution in [0, 0.1) is 11.7 Å². The minimum absolute atomic E-state index is 0.331. The van der Waals surface area contributed by atoms with E-state index in [0.717, 1.165) is 47.1 Å².